The summed E-state index contributed by atoms with van der Waals surface area (Å²) in [6.45, 7) is 12.7. The smallest absolute Gasteiger partial charge is 0.308 e. The molecule has 5 nitrogen and oxygen atoms in total. The summed E-state index contributed by atoms with van der Waals surface area (Å²) in [4.78, 5) is 16.4. The first-order valence-electron chi connectivity index (χ1n) is 8.68. The van der Waals surface area contributed by atoms with Gasteiger partial charge in [0.2, 0.25) is 9.76 Å². The molecule has 0 saturated carbocycles. The van der Waals surface area contributed by atoms with E-state index < -0.39 is 0 Å². The molecule has 0 amide bonds. The minimum absolute atomic E-state index is 0.0431. The first kappa shape index (κ1) is 19.7. The molecule has 0 aliphatic heterocycles. The van der Waals surface area contributed by atoms with Gasteiger partial charge >= 0.3 is 5.97 Å². The second-order valence-electron chi connectivity index (χ2n) is 7.05. The van der Waals surface area contributed by atoms with E-state index in [1.807, 2.05) is 32.0 Å². The van der Waals surface area contributed by atoms with Crippen molar-refractivity contribution in [3.05, 3.63) is 29.7 Å². The van der Waals surface area contributed by atoms with E-state index in [1.54, 1.807) is 0 Å². The van der Waals surface area contributed by atoms with Crippen LogP contribution in [0.15, 0.2) is 22.6 Å². The maximum Gasteiger partial charge on any atom is 0.308 e. The number of fused-ring (bicyclic) bond motifs is 1. The Kier molecular flexibility index (Phi) is 6.40. The van der Waals surface area contributed by atoms with Gasteiger partial charge in [0, 0.05) is 6.92 Å². The molecule has 1 aromatic carbocycles. The number of carbonyl (C=O) groups is 1. The Morgan fingerprint density at radius 2 is 2.08 bits per heavy atom. The Bertz CT molecular complexity index is 723. The van der Waals surface area contributed by atoms with Crippen LogP contribution >= 0.6 is 0 Å². The Hall–Kier alpha value is -1.66. The molecule has 25 heavy (non-hydrogen) atoms. The molecule has 136 valence electrons. The Labute approximate surface area is 152 Å². The van der Waals surface area contributed by atoms with Crippen LogP contribution in [0.25, 0.3) is 11.1 Å². The number of rotatable bonds is 8. The lowest BCUT2D eigenvalue weighted by Gasteiger charge is -2.29. The minimum atomic E-state index is -0.350. The predicted molar refractivity (Wildman–Crippen MR) is 98.5 cm³/mol. The van der Waals surface area contributed by atoms with Crippen LogP contribution in [0.5, 0.6) is 0 Å². The molecule has 6 heteroatoms. The van der Waals surface area contributed by atoms with Crippen molar-refractivity contribution in [3.8, 4) is 0 Å². The van der Waals surface area contributed by atoms with Gasteiger partial charge in [-0.15, -0.1) is 0 Å². The van der Waals surface area contributed by atoms with Crippen LogP contribution < -0.4 is 0 Å². The topological polar surface area (TPSA) is 61.6 Å². The maximum atomic E-state index is 12.0. The minimum Gasteiger partial charge on any atom is -0.466 e. The Morgan fingerprint density at radius 1 is 1.36 bits per heavy atom. The van der Waals surface area contributed by atoms with Crippen molar-refractivity contribution in [1.29, 1.82) is 0 Å². The van der Waals surface area contributed by atoms with Crippen molar-refractivity contribution >= 4 is 26.8 Å². The summed E-state index contributed by atoms with van der Waals surface area (Å²) in [7, 11) is 0.277. The van der Waals surface area contributed by atoms with Gasteiger partial charge in [0.05, 0.1) is 19.1 Å². The molecule has 0 bridgehead atoms. The molecule has 0 aliphatic rings. The van der Waals surface area contributed by atoms with E-state index in [0.29, 0.717) is 18.4 Å². The van der Waals surface area contributed by atoms with Gasteiger partial charge in [-0.1, -0.05) is 33.8 Å². The molecular weight excluding hydrogens is 334 g/mol. The van der Waals surface area contributed by atoms with Crippen molar-refractivity contribution in [2.24, 2.45) is 5.92 Å². The SMILES string of the molecule is CCOC(=O)C[C@H](O[Si]C(C)(C)C(C)C)c1ccc2oc(C)nc2c1. The Balaban J connectivity index is 2.23. The number of benzene rings is 1. The average molecular weight is 362 g/mol. The highest BCUT2D eigenvalue weighted by Gasteiger charge is 2.28. The molecular formula is C19H27NO4Si. The van der Waals surface area contributed by atoms with Gasteiger partial charge in [-0.05, 0) is 35.6 Å². The molecule has 0 saturated heterocycles. The maximum absolute atomic E-state index is 12.0. The van der Waals surface area contributed by atoms with Gasteiger partial charge in [0.25, 0.3) is 0 Å². The van der Waals surface area contributed by atoms with Crippen molar-refractivity contribution in [1.82, 2.24) is 4.98 Å². The third kappa shape index (κ3) is 5.15. The highest BCUT2D eigenvalue weighted by molar-refractivity contribution is 6.32. The third-order valence-electron chi connectivity index (χ3n) is 4.46. The van der Waals surface area contributed by atoms with E-state index >= 15 is 0 Å². The summed E-state index contributed by atoms with van der Waals surface area (Å²) in [5.74, 6) is 0.851. The van der Waals surface area contributed by atoms with Crippen molar-refractivity contribution in [2.75, 3.05) is 6.61 Å². The van der Waals surface area contributed by atoms with Gasteiger partial charge in [0.15, 0.2) is 11.5 Å². The molecule has 1 heterocycles. The third-order valence-corrected chi connectivity index (χ3v) is 5.96. The van der Waals surface area contributed by atoms with Crippen LogP contribution in [0.3, 0.4) is 0 Å². The summed E-state index contributed by atoms with van der Waals surface area (Å²) in [5.41, 5.74) is 2.43. The van der Waals surface area contributed by atoms with Gasteiger partial charge in [-0.2, -0.15) is 0 Å². The highest BCUT2D eigenvalue weighted by Crippen LogP contribution is 2.35. The van der Waals surface area contributed by atoms with E-state index in [2.05, 4.69) is 32.7 Å². The molecule has 2 aromatic rings. The number of oxazole rings is 1. The van der Waals surface area contributed by atoms with E-state index in [-0.39, 0.29) is 33.3 Å². The summed E-state index contributed by atoms with van der Waals surface area (Å²) in [5, 5.41) is 0.0431. The highest BCUT2D eigenvalue weighted by atomic mass is 28.2. The van der Waals surface area contributed by atoms with Crippen LogP contribution in [-0.2, 0) is 14.0 Å². The quantitative estimate of drug-likeness (QED) is 0.507. The van der Waals surface area contributed by atoms with Crippen molar-refractivity contribution < 1.29 is 18.4 Å². The van der Waals surface area contributed by atoms with Crippen molar-refractivity contribution in [3.63, 3.8) is 0 Å². The first-order valence-corrected chi connectivity index (χ1v) is 9.59. The largest absolute Gasteiger partial charge is 0.466 e. The number of hydrogen-bond acceptors (Lipinski definition) is 5. The van der Waals surface area contributed by atoms with Crippen LogP contribution in [0.2, 0.25) is 5.04 Å². The Morgan fingerprint density at radius 3 is 2.72 bits per heavy atom. The monoisotopic (exact) mass is 361 g/mol. The molecule has 0 N–H and O–H groups in total. The van der Waals surface area contributed by atoms with Gasteiger partial charge < -0.3 is 13.6 Å². The van der Waals surface area contributed by atoms with E-state index in [0.717, 1.165) is 16.7 Å². The molecule has 2 radical (unpaired) electrons. The molecule has 1 atom stereocenters. The number of nitrogens with zero attached hydrogens (tertiary/aromatic N) is 1. The van der Waals surface area contributed by atoms with Gasteiger partial charge in [-0.3, -0.25) is 4.79 Å². The lowest BCUT2D eigenvalue weighted by atomic mass is 9.99. The number of ether oxygens (including phenoxy) is 1. The number of hydrogen-bond donors (Lipinski definition) is 0. The van der Waals surface area contributed by atoms with Gasteiger partial charge in [-0.25, -0.2) is 4.98 Å². The lowest BCUT2D eigenvalue weighted by molar-refractivity contribution is -0.145. The second-order valence-corrected chi connectivity index (χ2v) is 8.78. The molecule has 2 rings (SSSR count). The number of carbonyl (C=O) groups excluding carboxylic acids is 1. The predicted octanol–water partition coefficient (Wildman–Crippen LogP) is 4.62. The van der Waals surface area contributed by atoms with Crippen LogP contribution in [-0.4, -0.2) is 27.3 Å². The molecule has 1 aromatic heterocycles. The molecule has 0 unspecified atom stereocenters. The fraction of sp³-hybridized carbons (Fsp3) is 0.579. The molecule has 0 aliphatic carbocycles. The van der Waals surface area contributed by atoms with E-state index in [9.17, 15) is 4.79 Å². The zero-order valence-corrected chi connectivity index (χ0v) is 16.9. The van der Waals surface area contributed by atoms with Gasteiger partial charge in [0.1, 0.15) is 5.52 Å². The summed E-state index contributed by atoms with van der Waals surface area (Å²) >= 11 is 0. The summed E-state index contributed by atoms with van der Waals surface area (Å²) < 4.78 is 16.8. The number of esters is 1. The second kappa shape index (κ2) is 8.14. The number of aryl methyl sites for hydroxylation is 1. The zero-order chi connectivity index (χ0) is 18.6. The fourth-order valence-electron chi connectivity index (χ4n) is 2.20. The fourth-order valence-corrected chi connectivity index (χ4v) is 3.10. The lowest BCUT2D eigenvalue weighted by Crippen LogP contribution is -2.25. The summed E-state index contributed by atoms with van der Waals surface area (Å²) in [6.07, 6.45) is -0.158. The van der Waals surface area contributed by atoms with E-state index in [4.69, 9.17) is 13.6 Å². The van der Waals surface area contributed by atoms with Crippen molar-refractivity contribution in [2.45, 2.75) is 59.1 Å². The van der Waals surface area contributed by atoms with E-state index in [1.165, 1.54) is 0 Å². The molecule has 0 spiro atoms. The normalized spacial score (nSPS) is 13.4. The first-order chi connectivity index (χ1) is 11.7. The van der Waals surface area contributed by atoms with Crippen LogP contribution in [0.1, 0.15) is 58.6 Å². The van der Waals surface area contributed by atoms with Crippen LogP contribution in [0.4, 0.5) is 0 Å². The standard InChI is InChI=1S/C19H27NO4Si/c1-7-22-18(21)11-17(24-25-19(5,6)12(2)3)14-8-9-16-15(10-14)20-13(4)23-16/h8-10,12,17H,7,11H2,1-6H3/t17-/m0/s1. The average Bonchev–Trinajstić information content (AvgIpc) is 2.90. The van der Waals surface area contributed by atoms with Crippen LogP contribution in [0, 0.1) is 12.8 Å². The summed E-state index contributed by atoms with van der Waals surface area (Å²) in [6, 6.07) is 5.75. The zero-order valence-electron chi connectivity index (χ0n) is 15.9. The molecule has 0 fully saturated rings. The number of aromatic nitrogens is 1.